The number of benzene rings is 1. The quantitative estimate of drug-likeness (QED) is 0.555. The van der Waals surface area contributed by atoms with Crippen LogP contribution < -0.4 is 5.73 Å². The zero-order chi connectivity index (χ0) is 10.7. The lowest BCUT2D eigenvalue weighted by atomic mass is 10.1. The summed E-state index contributed by atoms with van der Waals surface area (Å²) in [6.45, 7) is -0.0583. The summed E-state index contributed by atoms with van der Waals surface area (Å²) < 4.78 is 13.0. The lowest BCUT2D eigenvalue weighted by Gasteiger charge is -2.07. The van der Waals surface area contributed by atoms with Gasteiger partial charge in [-0.05, 0) is 17.7 Å². The van der Waals surface area contributed by atoms with Crippen LogP contribution in [0.2, 0.25) is 0 Å². The maximum absolute atomic E-state index is 13.0. The first-order chi connectivity index (χ1) is 6.56. The molecule has 0 fully saturated rings. The monoisotopic (exact) mass is 200 g/mol. The van der Waals surface area contributed by atoms with Crippen LogP contribution in [0.15, 0.2) is 18.2 Å². The molecule has 1 rings (SSSR count). The highest BCUT2D eigenvalue weighted by Gasteiger charge is 2.15. The van der Waals surface area contributed by atoms with Gasteiger partial charge in [0.15, 0.2) is 0 Å². The van der Waals surface area contributed by atoms with Gasteiger partial charge in [-0.15, -0.1) is 0 Å². The summed E-state index contributed by atoms with van der Waals surface area (Å²) in [5.41, 5.74) is 4.76. The summed E-state index contributed by atoms with van der Waals surface area (Å²) in [5, 5.41) is 19.5. The highest BCUT2D eigenvalue weighted by atomic mass is 19.1. The van der Waals surface area contributed by atoms with E-state index in [1.807, 2.05) is 0 Å². The molecule has 0 amide bonds. The SMILES string of the molecule is NCC(O)c1ccc([N+](=O)[O-])c(F)c1. The van der Waals surface area contributed by atoms with Gasteiger partial charge in [-0.25, -0.2) is 0 Å². The summed E-state index contributed by atoms with van der Waals surface area (Å²) in [4.78, 5) is 9.43. The van der Waals surface area contributed by atoms with Crippen LogP contribution in [0, 0.1) is 15.9 Å². The van der Waals surface area contributed by atoms with Crippen LogP contribution in [0.4, 0.5) is 10.1 Å². The van der Waals surface area contributed by atoms with Gasteiger partial charge in [-0.1, -0.05) is 0 Å². The molecule has 3 N–H and O–H groups in total. The van der Waals surface area contributed by atoms with Gasteiger partial charge < -0.3 is 10.8 Å². The number of aliphatic hydroxyl groups excluding tert-OH is 1. The van der Waals surface area contributed by atoms with E-state index in [0.29, 0.717) is 0 Å². The zero-order valence-electron chi connectivity index (χ0n) is 7.18. The van der Waals surface area contributed by atoms with Gasteiger partial charge in [-0.2, -0.15) is 4.39 Å². The Labute approximate surface area is 79.1 Å². The third-order valence-electron chi connectivity index (χ3n) is 1.78. The number of halogens is 1. The Kier molecular flexibility index (Phi) is 3.10. The van der Waals surface area contributed by atoms with Crippen LogP contribution in [0.5, 0.6) is 0 Å². The van der Waals surface area contributed by atoms with Crippen LogP contribution in [-0.4, -0.2) is 16.6 Å². The number of hydrogen-bond donors (Lipinski definition) is 2. The Morgan fingerprint density at radius 3 is 2.71 bits per heavy atom. The first-order valence-electron chi connectivity index (χ1n) is 3.88. The van der Waals surface area contributed by atoms with E-state index in [1.54, 1.807) is 0 Å². The smallest absolute Gasteiger partial charge is 0.304 e. The number of aliphatic hydroxyl groups is 1. The van der Waals surface area contributed by atoms with Crippen LogP contribution in [0.25, 0.3) is 0 Å². The van der Waals surface area contributed by atoms with Crippen molar-refractivity contribution in [2.75, 3.05) is 6.54 Å². The third-order valence-corrected chi connectivity index (χ3v) is 1.78. The maximum Gasteiger partial charge on any atom is 0.304 e. The number of nitro benzene ring substituents is 1. The molecule has 1 aromatic carbocycles. The predicted molar refractivity (Wildman–Crippen MR) is 47.1 cm³/mol. The van der Waals surface area contributed by atoms with Crippen molar-refractivity contribution < 1.29 is 14.4 Å². The molecule has 0 aliphatic carbocycles. The molecular formula is C8H9FN2O3. The van der Waals surface area contributed by atoms with Gasteiger partial charge in [0.2, 0.25) is 5.82 Å². The summed E-state index contributed by atoms with van der Waals surface area (Å²) >= 11 is 0. The normalized spacial score (nSPS) is 12.5. The Morgan fingerprint density at radius 2 is 2.29 bits per heavy atom. The minimum atomic E-state index is -0.995. The average Bonchev–Trinajstić information content (AvgIpc) is 2.15. The molecule has 0 saturated heterocycles. The predicted octanol–water partition coefficient (Wildman–Crippen LogP) is 0.726. The van der Waals surface area contributed by atoms with Gasteiger partial charge in [0.05, 0.1) is 11.0 Å². The summed E-state index contributed by atoms with van der Waals surface area (Å²) in [6.07, 6.45) is -0.995. The second kappa shape index (κ2) is 4.12. The van der Waals surface area contributed by atoms with E-state index in [2.05, 4.69) is 0 Å². The van der Waals surface area contributed by atoms with Gasteiger partial charge >= 0.3 is 5.69 Å². The van der Waals surface area contributed by atoms with E-state index in [0.717, 1.165) is 12.1 Å². The number of hydrogen-bond acceptors (Lipinski definition) is 4. The fourth-order valence-electron chi connectivity index (χ4n) is 1.01. The minimum absolute atomic E-state index is 0.0583. The van der Waals surface area contributed by atoms with Crippen molar-refractivity contribution in [2.45, 2.75) is 6.10 Å². The molecular weight excluding hydrogens is 191 g/mol. The van der Waals surface area contributed by atoms with E-state index in [9.17, 15) is 19.6 Å². The van der Waals surface area contributed by atoms with Crippen LogP contribution in [0.3, 0.4) is 0 Å². The van der Waals surface area contributed by atoms with Crippen LogP contribution in [-0.2, 0) is 0 Å². The summed E-state index contributed by atoms with van der Waals surface area (Å²) in [7, 11) is 0. The van der Waals surface area contributed by atoms with Crippen molar-refractivity contribution in [3.63, 3.8) is 0 Å². The van der Waals surface area contributed by atoms with E-state index >= 15 is 0 Å². The van der Waals surface area contributed by atoms with Crippen LogP contribution in [0.1, 0.15) is 11.7 Å². The van der Waals surface area contributed by atoms with Crippen molar-refractivity contribution in [1.82, 2.24) is 0 Å². The topological polar surface area (TPSA) is 89.4 Å². The molecule has 1 unspecified atom stereocenters. The number of nitro groups is 1. The number of nitrogens with zero attached hydrogens (tertiary/aromatic N) is 1. The molecule has 0 radical (unpaired) electrons. The molecule has 1 aromatic rings. The average molecular weight is 200 g/mol. The number of nitrogens with two attached hydrogens (primary N) is 1. The minimum Gasteiger partial charge on any atom is -0.387 e. The second-order valence-electron chi connectivity index (χ2n) is 2.72. The Hall–Kier alpha value is -1.53. The van der Waals surface area contributed by atoms with Crippen molar-refractivity contribution in [3.05, 3.63) is 39.7 Å². The maximum atomic E-state index is 13.0. The molecule has 1 atom stereocenters. The zero-order valence-corrected chi connectivity index (χ0v) is 7.18. The third kappa shape index (κ3) is 2.04. The Bertz CT molecular complexity index is 356. The number of rotatable bonds is 3. The molecule has 0 aliphatic heterocycles. The molecule has 0 heterocycles. The Balaban J connectivity index is 3.06. The fourth-order valence-corrected chi connectivity index (χ4v) is 1.01. The second-order valence-corrected chi connectivity index (χ2v) is 2.72. The van der Waals surface area contributed by atoms with Gasteiger partial charge in [0, 0.05) is 12.6 Å². The fraction of sp³-hybridized carbons (Fsp3) is 0.250. The molecule has 5 nitrogen and oxygen atoms in total. The largest absolute Gasteiger partial charge is 0.387 e. The molecule has 0 spiro atoms. The van der Waals surface area contributed by atoms with Crippen molar-refractivity contribution in [2.24, 2.45) is 5.73 Å². The van der Waals surface area contributed by atoms with E-state index in [4.69, 9.17) is 5.73 Å². The highest BCUT2D eigenvalue weighted by molar-refractivity contribution is 5.35. The molecule has 0 bridgehead atoms. The van der Waals surface area contributed by atoms with E-state index < -0.39 is 22.5 Å². The van der Waals surface area contributed by atoms with E-state index in [-0.39, 0.29) is 12.1 Å². The van der Waals surface area contributed by atoms with Crippen LogP contribution >= 0.6 is 0 Å². The van der Waals surface area contributed by atoms with Crippen molar-refractivity contribution in [3.8, 4) is 0 Å². The summed E-state index contributed by atoms with van der Waals surface area (Å²) in [5.74, 6) is -0.972. The lowest BCUT2D eigenvalue weighted by Crippen LogP contribution is -2.11. The lowest BCUT2D eigenvalue weighted by molar-refractivity contribution is -0.387. The van der Waals surface area contributed by atoms with Gasteiger partial charge in [0.25, 0.3) is 0 Å². The highest BCUT2D eigenvalue weighted by Crippen LogP contribution is 2.21. The first-order valence-corrected chi connectivity index (χ1v) is 3.88. The standard InChI is InChI=1S/C8H9FN2O3/c9-6-3-5(8(12)4-10)1-2-7(6)11(13)14/h1-3,8,12H,4,10H2. The summed E-state index contributed by atoms with van der Waals surface area (Å²) in [6, 6.07) is 3.19. The Morgan fingerprint density at radius 1 is 1.64 bits per heavy atom. The van der Waals surface area contributed by atoms with Gasteiger partial charge in [-0.3, -0.25) is 10.1 Å². The molecule has 0 aliphatic rings. The van der Waals surface area contributed by atoms with Crippen molar-refractivity contribution >= 4 is 5.69 Å². The van der Waals surface area contributed by atoms with E-state index in [1.165, 1.54) is 6.07 Å². The first kappa shape index (κ1) is 10.6. The molecule has 0 saturated carbocycles. The van der Waals surface area contributed by atoms with Crippen molar-refractivity contribution in [1.29, 1.82) is 0 Å². The molecule has 6 heteroatoms. The van der Waals surface area contributed by atoms with Gasteiger partial charge in [0.1, 0.15) is 0 Å². The molecule has 14 heavy (non-hydrogen) atoms. The molecule has 76 valence electrons. The molecule has 0 aromatic heterocycles.